The quantitative estimate of drug-likeness (QED) is 0.174. The van der Waals surface area contributed by atoms with Crippen LogP contribution < -0.4 is 15.5 Å². The molecule has 2 N–H and O–H groups in total. The van der Waals surface area contributed by atoms with Gasteiger partial charge in [-0.05, 0) is 71.6 Å². The van der Waals surface area contributed by atoms with Crippen molar-refractivity contribution in [3.8, 4) is 5.75 Å². The average molecular weight is 452 g/mol. The second-order valence-electron chi connectivity index (χ2n) is 7.90. The maximum atomic E-state index is 12.7. The predicted molar refractivity (Wildman–Crippen MR) is 135 cm³/mol. The first-order valence-electron chi connectivity index (χ1n) is 10.9. The first kappa shape index (κ1) is 22.7. The number of ether oxygens (including phenoxy) is 1. The van der Waals surface area contributed by atoms with Gasteiger partial charge in [0.15, 0.2) is 0 Å². The Morgan fingerprint density at radius 3 is 2.29 bits per heavy atom. The minimum atomic E-state index is -0.415. The van der Waals surface area contributed by atoms with Gasteiger partial charge >= 0.3 is 5.97 Å². The summed E-state index contributed by atoms with van der Waals surface area (Å²) in [5, 5.41) is 8.97. The lowest BCUT2D eigenvalue weighted by Crippen LogP contribution is -2.26. The van der Waals surface area contributed by atoms with Gasteiger partial charge in [0.05, 0.1) is 18.3 Å². The number of benzene rings is 4. The number of carbonyl (C=O) groups is 2. The number of rotatable bonds is 7. The molecule has 170 valence electrons. The molecule has 0 atom stereocenters. The zero-order chi connectivity index (χ0) is 23.9. The number of nitrogens with one attached hydrogen (secondary N) is 2. The molecular weight excluding hydrogens is 426 g/mol. The Labute approximate surface area is 198 Å². The van der Waals surface area contributed by atoms with Crippen LogP contribution in [-0.2, 0) is 4.79 Å². The average Bonchev–Trinajstić information content (AvgIpc) is 2.84. The van der Waals surface area contributed by atoms with Gasteiger partial charge in [-0.25, -0.2) is 10.2 Å². The molecular formula is C28H25N3O3. The van der Waals surface area contributed by atoms with Crippen LogP contribution in [0.25, 0.3) is 10.8 Å². The smallest absolute Gasteiger partial charge is 0.344 e. The fourth-order valence-corrected chi connectivity index (χ4v) is 3.67. The summed E-state index contributed by atoms with van der Waals surface area (Å²) in [5.41, 5.74) is 6.90. The molecule has 1 amide bonds. The Bertz CT molecular complexity index is 1340. The van der Waals surface area contributed by atoms with Crippen molar-refractivity contribution in [3.63, 3.8) is 0 Å². The minimum absolute atomic E-state index is 0.117. The van der Waals surface area contributed by atoms with Gasteiger partial charge in [-0.15, -0.1) is 0 Å². The second kappa shape index (κ2) is 10.4. The van der Waals surface area contributed by atoms with E-state index >= 15 is 0 Å². The fourth-order valence-electron chi connectivity index (χ4n) is 3.67. The number of anilines is 1. The molecule has 4 rings (SSSR count). The van der Waals surface area contributed by atoms with E-state index < -0.39 is 5.97 Å². The third-order valence-corrected chi connectivity index (χ3v) is 5.41. The maximum absolute atomic E-state index is 12.7. The first-order chi connectivity index (χ1) is 16.5. The number of hydrogen-bond acceptors (Lipinski definition) is 5. The van der Waals surface area contributed by atoms with Gasteiger partial charge < -0.3 is 10.1 Å². The van der Waals surface area contributed by atoms with Gasteiger partial charge in [0.1, 0.15) is 5.75 Å². The van der Waals surface area contributed by atoms with E-state index in [1.165, 1.54) is 6.21 Å². The number of aryl methyl sites for hydroxylation is 2. The van der Waals surface area contributed by atoms with Crippen molar-refractivity contribution >= 4 is 34.6 Å². The molecule has 0 unspecified atom stereocenters. The molecule has 0 saturated heterocycles. The highest BCUT2D eigenvalue weighted by Gasteiger charge is 2.12. The molecule has 0 aliphatic carbocycles. The molecule has 0 radical (unpaired) electrons. The van der Waals surface area contributed by atoms with Crippen LogP contribution in [0.2, 0.25) is 0 Å². The van der Waals surface area contributed by atoms with Crippen LogP contribution in [-0.4, -0.2) is 24.6 Å². The van der Waals surface area contributed by atoms with E-state index in [4.69, 9.17) is 4.74 Å². The van der Waals surface area contributed by atoms with Crippen molar-refractivity contribution in [3.05, 3.63) is 107 Å². The molecule has 34 heavy (non-hydrogen) atoms. The predicted octanol–water partition coefficient (Wildman–Crippen LogP) is 5.24. The van der Waals surface area contributed by atoms with Crippen molar-refractivity contribution < 1.29 is 14.3 Å². The van der Waals surface area contributed by atoms with E-state index in [-0.39, 0.29) is 12.5 Å². The van der Waals surface area contributed by atoms with Crippen LogP contribution in [0, 0.1) is 13.8 Å². The highest BCUT2D eigenvalue weighted by molar-refractivity contribution is 6.05. The molecule has 6 nitrogen and oxygen atoms in total. The maximum Gasteiger partial charge on any atom is 0.344 e. The van der Waals surface area contributed by atoms with E-state index in [2.05, 4.69) is 15.8 Å². The first-order valence-corrected chi connectivity index (χ1v) is 10.9. The lowest BCUT2D eigenvalue weighted by Gasteiger charge is -2.11. The normalized spacial score (nSPS) is 10.9. The number of hydrogen-bond donors (Lipinski definition) is 2. The van der Waals surface area contributed by atoms with E-state index in [0.29, 0.717) is 11.3 Å². The summed E-state index contributed by atoms with van der Waals surface area (Å²) in [5.74, 6) is -0.238. The molecule has 0 aliphatic rings. The molecule has 4 aromatic carbocycles. The molecule has 0 saturated carbocycles. The van der Waals surface area contributed by atoms with Crippen LogP contribution >= 0.6 is 0 Å². The van der Waals surface area contributed by atoms with E-state index in [1.807, 2.05) is 68.4 Å². The van der Waals surface area contributed by atoms with Gasteiger partial charge in [0, 0.05) is 5.69 Å². The summed E-state index contributed by atoms with van der Waals surface area (Å²) >= 11 is 0. The summed E-state index contributed by atoms with van der Waals surface area (Å²) in [6.45, 7) is 4.11. The fraction of sp³-hybridized carbons (Fsp3) is 0.107. The van der Waals surface area contributed by atoms with Crippen molar-refractivity contribution in [2.45, 2.75) is 13.8 Å². The van der Waals surface area contributed by atoms with Gasteiger partial charge in [-0.3, -0.25) is 4.79 Å². The number of amides is 1. The highest BCUT2D eigenvalue weighted by Crippen LogP contribution is 2.21. The number of esters is 1. The zero-order valence-corrected chi connectivity index (χ0v) is 19.0. The van der Waals surface area contributed by atoms with E-state index in [1.54, 1.807) is 30.3 Å². The lowest BCUT2D eigenvalue weighted by atomic mass is 10.0. The molecule has 0 fully saturated rings. The lowest BCUT2D eigenvalue weighted by molar-refractivity contribution is -0.119. The summed E-state index contributed by atoms with van der Waals surface area (Å²) in [7, 11) is 0. The molecule has 4 aromatic rings. The Morgan fingerprint density at radius 2 is 1.53 bits per heavy atom. The summed E-state index contributed by atoms with van der Waals surface area (Å²) < 4.78 is 5.54. The number of fused-ring (bicyclic) bond motifs is 1. The second-order valence-corrected chi connectivity index (χ2v) is 7.90. The van der Waals surface area contributed by atoms with Gasteiger partial charge in [-0.1, -0.05) is 54.6 Å². The highest BCUT2D eigenvalue weighted by atomic mass is 16.5. The Balaban J connectivity index is 1.31. The topological polar surface area (TPSA) is 79.8 Å². The molecule has 0 spiro atoms. The van der Waals surface area contributed by atoms with Crippen LogP contribution in [0.1, 0.15) is 27.0 Å². The number of para-hydroxylation sites is 1. The standard InChI is InChI=1S/C28H25N3O3/c1-19-7-5-8-20(2)27(19)29-18-26(32)31-30-17-21-13-15-23(16-14-21)34-28(33)25-12-6-10-22-9-3-4-11-24(22)25/h3-17,29H,18H2,1-2H3,(H,31,32). The minimum Gasteiger partial charge on any atom is -0.423 e. The van der Waals surface area contributed by atoms with Crippen LogP contribution in [0.4, 0.5) is 5.69 Å². The third-order valence-electron chi connectivity index (χ3n) is 5.41. The molecule has 0 aliphatic heterocycles. The zero-order valence-electron chi connectivity index (χ0n) is 19.0. The van der Waals surface area contributed by atoms with Crippen molar-refractivity contribution in [2.75, 3.05) is 11.9 Å². The Morgan fingerprint density at radius 1 is 0.853 bits per heavy atom. The van der Waals surface area contributed by atoms with Crippen molar-refractivity contribution in [1.29, 1.82) is 0 Å². The van der Waals surface area contributed by atoms with E-state index in [9.17, 15) is 9.59 Å². The third kappa shape index (κ3) is 5.48. The summed E-state index contributed by atoms with van der Waals surface area (Å²) in [4.78, 5) is 24.8. The molecule has 6 heteroatoms. The van der Waals surface area contributed by atoms with Crippen LogP contribution in [0.15, 0.2) is 90.0 Å². The van der Waals surface area contributed by atoms with Crippen LogP contribution in [0.3, 0.4) is 0 Å². The number of carbonyl (C=O) groups excluding carboxylic acids is 2. The number of nitrogens with zero attached hydrogens (tertiary/aromatic N) is 1. The molecule has 0 heterocycles. The monoisotopic (exact) mass is 451 g/mol. The number of hydrazone groups is 1. The Kier molecular flexibility index (Phi) is 6.98. The van der Waals surface area contributed by atoms with Crippen LogP contribution in [0.5, 0.6) is 5.75 Å². The van der Waals surface area contributed by atoms with E-state index in [0.717, 1.165) is 33.2 Å². The van der Waals surface area contributed by atoms with Crippen molar-refractivity contribution in [2.24, 2.45) is 5.10 Å². The summed E-state index contributed by atoms with van der Waals surface area (Å²) in [6.07, 6.45) is 1.53. The SMILES string of the molecule is Cc1cccc(C)c1NCC(=O)NN=Cc1ccc(OC(=O)c2cccc3ccccc23)cc1. The van der Waals surface area contributed by atoms with Gasteiger partial charge in [0.25, 0.3) is 5.91 Å². The van der Waals surface area contributed by atoms with Crippen molar-refractivity contribution in [1.82, 2.24) is 5.43 Å². The Hall–Kier alpha value is -4.45. The van der Waals surface area contributed by atoms with Gasteiger partial charge in [-0.2, -0.15) is 5.10 Å². The molecule has 0 aromatic heterocycles. The van der Waals surface area contributed by atoms with Gasteiger partial charge in [0.2, 0.25) is 0 Å². The molecule has 0 bridgehead atoms. The summed E-state index contributed by atoms with van der Waals surface area (Å²) in [6, 6.07) is 26.1. The largest absolute Gasteiger partial charge is 0.423 e.